The monoisotopic (exact) mass is 438 g/mol. The molecule has 1 aliphatic rings. The van der Waals surface area contributed by atoms with Crippen LogP contribution >= 0.6 is 0 Å². The molecule has 0 saturated heterocycles. The predicted octanol–water partition coefficient (Wildman–Crippen LogP) is 3.66. The molecule has 2 bridgehead atoms. The zero-order chi connectivity index (χ0) is 22.8. The summed E-state index contributed by atoms with van der Waals surface area (Å²) in [5.41, 5.74) is 0.790. The number of nitriles is 1. The van der Waals surface area contributed by atoms with E-state index >= 15 is 0 Å². The highest BCUT2D eigenvalue weighted by atomic mass is 19.3. The van der Waals surface area contributed by atoms with E-state index in [1.165, 1.54) is 18.3 Å². The van der Waals surface area contributed by atoms with Crippen molar-refractivity contribution in [2.75, 3.05) is 5.32 Å². The number of nitrogens with one attached hydrogen (secondary N) is 1. The van der Waals surface area contributed by atoms with Gasteiger partial charge in [0.1, 0.15) is 17.7 Å². The molecule has 3 heterocycles. The third-order valence-corrected chi connectivity index (χ3v) is 5.47. The standard InChI is InChI=1S/C22H20F2N6O2/c1-13-4-2-3-5-14-8-15(11-25)10-16(9-14)19-18(27-21(13)32)20(28-30(19)22(23)24)29-12-26-7-6-17(29)31/h6-10,12-13,22H,2-5H2,1H3,(H,27,32). The second kappa shape index (κ2) is 8.70. The number of aryl methyl sites for hydroxylation is 1. The van der Waals surface area contributed by atoms with Crippen LogP contribution in [0.4, 0.5) is 14.5 Å². The van der Waals surface area contributed by atoms with Crippen molar-refractivity contribution < 1.29 is 13.6 Å². The number of aromatic nitrogens is 4. The Morgan fingerprint density at radius 3 is 2.78 bits per heavy atom. The summed E-state index contributed by atoms with van der Waals surface area (Å²) in [6, 6.07) is 8.15. The van der Waals surface area contributed by atoms with Crippen molar-refractivity contribution in [1.82, 2.24) is 19.3 Å². The lowest BCUT2D eigenvalue weighted by Gasteiger charge is -2.17. The number of carbonyl (C=O) groups excluding carboxylic acids is 1. The van der Waals surface area contributed by atoms with Crippen LogP contribution in [0, 0.1) is 17.2 Å². The Morgan fingerprint density at radius 2 is 2.06 bits per heavy atom. The van der Waals surface area contributed by atoms with Crippen molar-refractivity contribution in [2.24, 2.45) is 5.92 Å². The second-order valence-corrected chi connectivity index (χ2v) is 7.72. The van der Waals surface area contributed by atoms with Gasteiger partial charge in [-0.3, -0.25) is 9.59 Å². The fourth-order valence-electron chi connectivity index (χ4n) is 3.83. The molecule has 1 aliphatic heterocycles. The van der Waals surface area contributed by atoms with Crippen LogP contribution in [0.5, 0.6) is 0 Å². The number of hydrogen-bond donors (Lipinski definition) is 1. The van der Waals surface area contributed by atoms with E-state index < -0.39 is 12.1 Å². The van der Waals surface area contributed by atoms with Gasteiger partial charge in [0.25, 0.3) is 5.56 Å². The molecule has 0 spiro atoms. The molecule has 1 aromatic carbocycles. The Hall–Kier alpha value is -3.87. The third-order valence-electron chi connectivity index (χ3n) is 5.47. The van der Waals surface area contributed by atoms with Crippen molar-refractivity contribution in [1.29, 1.82) is 5.26 Å². The number of hydrogen-bond acceptors (Lipinski definition) is 5. The molecule has 1 amide bonds. The van der Waals surface area contributed by atoms with Crippen LogP contribution < -0.4 is 10.9 Å². The summed E-state index contributed by atoms with van der Waals surface area (Å²) in [5.74, 6) is -0.904. The number of anilines is 1. The maximum Gasteiger partial charge on any atom is 0.333 e. The molecular formula is C22H20F2N6O2. The van der Waals surface area contributed by atoms with Crippen molar-refractivity contribution in [3.63, 3.8) is 0 Å². The molecule has 8 nitrogen and oxygen atoms in total. The molecule has 0 aliphatic carbocycles. The lowest BCUT2D eigenvalue weighted by Crippen LogP contribution is -2.23. The van der Waals surface area contributed by atoms with E-state index in [4.69, 9.17) is 0 Å². The van der Waals surface area contributed by atoms with Gasteiger partial charge in [-0.1, -0.05) is 13.3 Å². The van der Waals surface area contributed by atoms with Crippen LogP contribution in [0.1, 0.15) is 43.9 Å². The Morgan fingerprint density at radius 1 is 1.25 bits per heavy atom. The average molecular weight is 438 g/mol. The average Bonchev–Trinajstić information content (AvgIpc) is 3.15. The molecule has 4 rings (SSSR count). The smallest absolute Gasteiger partial charge is 0.321 e. The van der Waals surface area contributed by atoms with Gasteiger partial charge in [-0.25, -0.2) is 9.55 Å². The number of carbonyl (C=O) groups is 1. The van der Waals surface area contributed by atoms with Crippen molar-refractivity contribution in [2.45, 2.75) is 39.2 Å². The number of halogens is 2. The first-order valence-electron chi connectivity index (χ1n) is 10.2. The normalized spacial score (nSPS) is 16.5. The SMILES string of the molecule is CC1CCCCc2cc(C#N)cc(c2)-c2c(c(-n3cnccc3=O)nn2C(F)F)NC1=O. The molecular weight excluding hydrogens is 418 g/mol. The molecule has 1 unspecified atom stereocenters. The van der Waals surface area contributed by atoms with Crippen LogP contribution in [0.25, 0.3) is 17.1 Å². The number of fused-ring (bicyclic) bond motifs is 4. The lowest BCUT2D eigenvalue weighted by molar-refractivity contribution is -0.119. The predicted molar refractivity (Wildman–Crippen MR) is 112 cm³/mol. The fourth-order valence-corrected chi connectivity index (χ4v) is 3.83. The Kier molecular flexibility index (Phi) is 5.81. The topological polar surface area (TPSA) is 106 Å². The Balaban J connectivity index is 2.06. The summed E-state index contributed by atoms with van der Waals surface area (Å²) in [6.45, 7) is -1.29. The summed E-state index contributed by atoms with van der Waals surface area (Å²) in [6.07, 6.45) is 5.27. The van der Waals surface area contributed by atoms with Crippen molar-refractivity contribution in [3.05, 3.63) is 58.3 Å². The molecule has 2 aromatic heterocycles. The van der Waals surface area contributed by atoms with E-state index in [0.717, 1.165) is 29.3 Å². The van der Waals surface area contributed by atoms with Crippen LogP contribution in [0.3, 0.4) is 0 Å². The minimum absolute atomic E-state index is 0.0288. The van der Waals surface area contributed by atoms with Gasteiger partial charge in [0.2, 0.25) is 5.91 Å². The van der Waals surface area contributed by atoms with Gasteiger partial charge in [-0.05, 0) is 43.0 Å². The molecule has 32 heavy (non-hydrogen) atoms. The Labute approximate surface area is 182 Å². The number of benzene rings is 1. The largest absolute Gasteiger partial charge is 0.333 e. The number of alkyl halides is 2. The highest BCUT2D eigenvalue weighted by molar-refractivity contribution is 5.98. The van der Waals surface area contributed by atoms with Gasteiger partial charge in [0.15, 0.2) is 5.82 Å². The van der Waals surface area contributed by atoms with E-state index in [9.17, 15) is 23.6 Å². The maximum atomic E-state index is 14.1. The summed E-state index contributed by atoms with van der Waals surface area (Å²) in [4.78, 5) is 29.2. The quantitative estimate of drug-likeness (QED) is 0.657. The van der Waals surface area contributed by atoms with E-state index in [1.807, 2.05) is 0 Å². The van der Waals surface area contributed by atoms with E-state index in [-0.39, 0.29) is 29.0 Å². The molecule has 0 saturated carbocycles. The Bertz CT molecular complexity index is 1270. The molecule has 1 atom stereocenters. The van der Waals surface area contributed by atoms with E-state index in [0.29, 0.717) is 28.7 Å². The zero-order valence-electron chi connectivity index (χ0n) is 17.3. The van der Waals surface area contributed by atoms with Crippen LogP contribution in [-0.2, 0) is 11.2 Å². The molecule has 3 aromatic rings. The molecule has 0 fully saturated rings. The first-order valence-corrected chi connectivity index (χ1v) is 10.2. The lowest BCUT2D eigenvalue weighted by atomic mass is 9.96. The second-order valence-electron chi connectivity index (χ2n) is 7.72. The van der Waals surface area contributed by atoms with E-state index in [2.05, 4.69) is 21.5 Å². The summed E-state index contributed by atoms with van der Waals surface area (Å²) in [7, 11) is 0. The van der Waals surface area contributed by atoms with Gasteiger partial charge in [-0.2, -0.15) is 18.7 Å². The number of rotatable bonds is 2. The van der Waals surface area contributed by atoms with E-state index in [1.54, 1.807) is 19.1 Å². The molecule has 10 heteroatoms. The zero-order valence-corrected chi connectivity index (χ0v) is 17.3. The van der Waals surface area contributed by atoms with Crippen LogP contribution in [0.15, 0.2) is 41.6 Å². The van der Waals surface area contributed by atoms with Gasteiger partial charge in [0, 0.05) is 23.7 Å². The van der Waals surface area contributed by atoms with Crippen LogP contribution in [0.2, 0.25) is 0 Å². The van der Waals surface area contributed by atoms with Crippen LogP contribution in [-0.4, -0.2) is 25.2 Å². The summed E-state index contributed by atoms with van der Waals surface area (Å²) >= 11 is 0. The summed E-state index contributed by atoms with van der Waals surface area (Å²) in [5, 5.41) is 16.2. The minimum atomic E-state index is -3.05. The van der Waals surface area contributed by atoms with Gasteiger partial charge in [-0.15, -0.1) is 5.10 Å². The van der Waals surface area contributed by atoms with Crippen molar-refractivity contribution >= 4 is 11.6 Å². The highest BCUT2D eigenvalue weighted by Gasteiger charge is 2.28. The van der Waals surface area contributed by atoms with Gasteiger partial charge in [0.05, 0.1) is 11.6 Å². The molecule has 0 radical (unpaired) electrons. The van der Waals surface area contributed by atoms with Gasteiger partial charge >= 0.3 is 6.55 Å². The first-order chi connectivity index (χ1) is 15.4. The number of nitrogens with zero attached hydrogens (tertiary/aromatic N) is 5. The highest BCUT2D eigenvalue weighted by Crippen LogP contribution is 2.37. The maximum absolute atomic E-state index is 14.1. The van der Waals surface area contributed by atoms with Crippen molar-refractivity contribution in [3.8, 4) is 23.1 Å². The fraction of sp³-hybridized carbons (Fsp3) is 0.318. The number of amides is 1. The molecule has 164 valence electrons. The summed E-state index contributed by atoms with van der Waals surface area (Å²) < 4.78 is 29.6. The molecule has 1 N–H and O–H groups in total. The minimum Gasteiger partial charge on any atom is -0.321 e. The van der Waals surface area contributed by atoms with Gasteiger partial charge < -0.3 is 5.32 Å². The first kappa shape index (κ1) is 21.4. The third kappa shape index (κ3) is 4.01.